The van der Waals surface area contributed by atoms with Gasteiger partial charge in [0, 0.05) is 10.7 Å². The van der Waals surface area contributed by atoms with Crippen LogP contribution in [0.3, 0.4) is 0 Å². The van der Waals surface area contributed by atoms with Crippen molar-refractivity contribution >= 4 is 27.7 Å². The van der Waals surface area contributed by atoms with Gasteiger partial charge in [-0.3, -0.25) is 4.79 Å². The summed E-state index contributed by atoms with van der Waals surface area (Å²) in [6.45, 7) is 0. The summed E-state index contributed by atoms with van der Waals surface area (Å²) in [5.41, 5.74) is 0.115. The number of ether oxygens (including phenoxy) is 1. The molecule has 19 heavy (non-hydrogen) atoms. The van der Waals surface area contributed by atoms with Gasteiger partial charge in [-0.1, -0.05) is 15.9 Å². The van der Waals surface area contributed by atoms with Crippen LogP contribution in [0.1, 0.15) is 10.4 Å². The topological polar surface area (TPSA) is 51.2 Å². The fourth-order valence-corrected chi connectivity index (χ4v) is 1.85. The fourth-order valence-electron chi connectivity index (χ4n) is 1.51. The molecule has 0 aliphatic rings. The second-order valence-corrected chi connectivity index (χ2v) is 4.57. The molecule has 6 heteroatoms. The number of aromatic nitrogens is 1. The molecule has 98 valence electrons. The van der Waals surface area contributed by atoms with Crippen molar-refractivity contribution in [3.63, 3.8) is 0 Å². The number of halogens is 2. The number of nitrogens with one attached hydrogen (secondary N) is 1. The molecule has 1 amide bonds. The Morgan fingerprint density at radius 1 is 1.37 bits per heavy atom. The standard InChI is InChI=1S/C13H10BrFN2O2/c1-19-11-3-2-9(15)7-10(11)13(18)17-12-6-8(14)4-5-16-12/h2-7H,1H3,(H,16,17,18). The molecule has 2 aromatic rings. The summed E-state index contributed by atoms with van der Waals surface area (Å²) < 4.78 is 19.0. The van der Waals surface area contributed by atoms with Crippen LogP contribution >= 0.6 is 15.9 Å². The van der Waals surface area contributed by atoms with Crippen LogP contribution in [0.15, 0.2) is 41.0 Å². The molecular weight excluding hydrogens is 315 g/mol. The number of hydrogen-bond donors (Lipinski definition) is 1. The Hall–Kier alpha value is -1.95. The zero-order valence-electron chi connectivity index (χ0n) is 9.98. The molecule has 0 saturated heterocycles. The Kier molecular flexibility index (Phi) is 4.11. The van der Waals surface area contributed by atoms with E-state index in [9.17, 15) is 9.18 Å². The average molecular weight is 325 g/mol. The first-order chi connectivity index (χ1) is 9.10. The highest BCUT2D eigenvalue weighted by Gasteiger charge is 2.14. The van der Waals surface area contributed by atoms with Gasteiger partial charge in [0.2, 0.25) is 0 Å². The Morgan fingerprint density at radius 2 is 2.16 bits per heavy atom. The number of hydrogen-bond acceptors (Lipinski definition) is 3. The third-order valence-electron chi connectivity index (χ3n) is 2.37. The number of rotatable bonds is 3. The number of anilines is 1. The maximum atomic E-state index is 13.2. The fraction of sp³-hybridized carbons (Fsp3) is 0.0769. The number of nitrogens with zero attached hydrogens (tertiary/aromatic N) is 1. The summed E-state index contributed by atoms with van der Waals surface area (Å²) in [4.78, 5) is 16.0. The number of benzene rings is 1. The van der Waals surface area contributed by atoms with E-state index >= 15 is 0 Å². The molecule has 0 aliphatic heterocycles. The van der Waals surface area contributed by atoms with Crippen LogP contribution in [0.5, 0.6) is 5.75 Å². The average Bonchev–Trinajstić information content (AvgIpc) is 2.38. The Balaban J connectivity index is 2.27. The zero-order chi connectivity index (χ0) is 13.8. The van der Waals surface area contributed by atoms with E-state index in [-0.39, 0.29) is 5.56 Å². The lowest BCUT2D eigenvalue weighted by Gasteiger charge is -2.09. The lowest BCUT2D eigenvalue weighted by atomic mass is 10.2. The van der Waals surface area contributed by atoms with Crippen LogP contribution in [-0.2, 0) is 0 Å². The van der Waals surface area contributed by atoms with Crippen molar-refractivity contribution in [2.45, 2.75) is 0 Å². The molecule has 0 aliphatic carbocycles. The van der Waals surface area contributed by atoms with Gasteiger partial charge >= 0.3 is 0 Å². The van der Waals surface area contributed by atoms with Crippen LogP contribution in [0.25, 0.3) is 0 Å². The summed E-state index contributed by atoms with van der Waals surface area (Å²) >= 11 is 3.27. The molecule has 0 saturated carbocycles. The van der Waals surface area contributed by atoms with Gasteiger partial charge in [-0.05, 0) is 30.3 Å². The second kappa shape index (κ2) is 5.79. The first kappa shape index (κ1) is 13.5. The molecule has 2 rings (SSSR count). The van der Waals surface area contributed by atoms with E-state index in [0.29, 0.717) is 11.6 Å². The van der Waals surface area contributed by atoms with Crippen LogP contribution < -0.4 is 10.1 Å². The molecule has 1 heterocycles. The van der Waals surface area contributed by atoms with Gasteiger partial charge in [-0.25, -0.2) is 9.37 Å². The first-order valence-electron chi connectivity index (χ1n) is 5.36. The minimum atomic E-state index is -0.506. The van der Waals surface area contributed by atoms with Gasteiger partial charge in [0.25, 0.3) is 5.91 Å². The highest BCUT2D eigenvalue weighted by atomic mass is 79.9. The predicted octanol–water partition coefficient (Wildman–Crippen LogP) is 3.24. The molecule has 1 aromatic carbocycles. The number of pyridine rings is 1. The van der Waals surface area contributed by atoms with Gasteiger partial charge in [-0.2, -0.15) is 0 Å². The Bertz CT molecular complexity index is 619. The maximum absolute atomic E-state index is 13.2. The van der Waals surface area contributed by atoms with E-state index in [4.69, 9.17) is 4.74 Å². The van der Waals surface area contributed by atoms with Crippen molar-refractivity contribution < 1.29 is 13.9 Å². The Labute approximate surface area is 117 Å². The lowest BCUT2D eigenvalue weighted by Crippen LogP contribution is -2.14. The monoisotopic (exact) mass is 324 g/mol. The van der Waals surface area contributed by atoms with Gasteiger partial charge in [0.15, 0.2) is 0 Å². The first-order valence-corrected chi connectivity index (χ1v) is 6.16. The van der Waals surface area contributed by atoms with E-state index in [1.165, 1.54) is 19.2 Å². The molecule has 0 bridgehead atoms. The lowest BCUT2D eigenvalue weighted by molar-refractivity contribution is 0.102. The van der Waals surface area contributed by atoms with Crippen LogP contribution in [0.2, 0.25) is 0 Å². The minimum absolute atomic E-state index is 0.115. The van der Waals surface area contributed by atoms with Crippen molar-refractivity contribution in [1.29, 1.82) is 0 Å². The van der Waals surface area contributed by atoms with E-state index < -0.39 is 11.7 Å². The van der Waals surface area contributed by atoms with Crippen molar-refractivity contribution in [1.82, 2.24) is 4.98 Å². The second-order valence-electron chi connectivity index (χ2n) is 3.66. The minimum Gasteiger partial charge on any atom is -0.496 e. The van der Waals surface area contributed by atoms with E-state index in [2.05, 4.69) is 26.2 Å². The van der Waals surface area contributed by atoms with Crippen LogP contribution in [0.4, 0.5) is 10.2 Å². The van der Waals surface area contributed by atoms with Crippen molar-refractivity contribution in [3.8, 4) is 5.75 Å². The smallest absolute Gasteiger partial charge is 0.260 e. The highest BCUT2D eigenvalue weighted by Crippen LogP contribution is 2.21. The number of amides is 1. The normalized spacial score (nSPS) is 10.1. The van der Waals surface area contributed by atoms with E-state index in [1.54, 1.807) is 18.3 Å². The third kappa shape index (κ3) is 3.29. The summed E-state index contributed by atoms with van der Waals surface area (Å²) in [6.07, 6.45) is 1.54. The van der Waals surface area contributed by atoms with E-state index in [0.717, 1.165) is 10.5 Å². The van der Waals surface area contributed by atoms with Gasteiger partial charge < -0.3 is 10.1 Å². The summed E-state index contributed by atoms with van der Waals surface area (Å²) in [5, 5.41) is 2.57. The molecule has 0 unspecified atom stereocenters. The summed E-state index contributed by atoms with van der Waals surface area (Å²) in [7, 11) is 1.42. The molecule has 0 fully saturated rings. The van der Waals surface area contributed by atoms with Crippen LogP contribution in [-0.4, -0.2) is 18.0 Å². The largest absolute Gasteiger partial charge is 0.496 e. The van der Waals surface area contributed by atoms with Crippen LogP contribution in [0, 0.1) is 5.82 Å². The van der Waals surface area contributed by atoms with Gasteiger partial charge in [0.05, 0.1) is 12.7 Å². The summed E-state index contributed by atoms with van der Waals surface area (Å²) in [6, 6.07) is 7.12. The molecule has 0 atom stereocenters. The van der Waals surface area contributed by atoms with Gasteiger partial charge in [-0.15, -0.1) is 0 Å². The van der Waals surface area contributed by atoms with Crippen molar-refractivity contribution in [3.05, 3.63) is 52.4 Å². The molecule has 4 nitrogen and oxygen atoms in total. The Morgan fingerprint density at radius 3 is 2.84 bits per heavy atom. The number of carbonyl (C=O) groups is 1. The van der Waals surface area contributed by atoms with Gasteiger partial charge in [0.1, 0.15) is 17.4 Å². The zero-order valence-corrected chi connectivity index (χ0v) is 11.6. The molecule has 0 spiro atoms. The predicted molar refractivity (Wildman–Crippen MR) is 72.8 cm³/mol. The number of methoxy groups -OCH3 is 1. The summed E-state index contributed by atoms with van der Waals surface area (Å²) in [5.74, 6) is -0.324. The molecule has 0 radical (unpaired) electrons. The molecular formula is C13H10BrFN2O2. The van der Waals surface area contributed by atoms with E-state index in [1.807, 2.05) is 0 Å². The molecule has 1 N–H and O–H groups in total. The third-order valence-corrected chi connectivity index (χ3v) is 2.86. The maximum Gasteiger partial charge on any atom is 0.260 e. The quantitative estimate of drug-likeness (QED) is 0.942. The van der Waals surface area contributed by atoms with Crippen molar-refractivity contribution in [2.24, 2.45) is 0 Å². The van der Waals surface area contributed by atoms with Crippen molar-refractivity contribution in [2.75, 3.05) is 12.4 Å². The highest BCUT2D eigenvalue weighted by molar-refractivity contribution is 9.10. The molecule has 1 aromatic heterocycles. The SMILES string of the molecule is COc1ccc(F)cc1C(=O)Nc1cc(Br)ccn1. The number of carbonyl (C=O) groups excluding carboxylic acids is 1.